The summed E-state index contributed by atoms with van der Waals surface area (Å²) in [6.45, 7) is 0. The molecule has 1 aromatic carbocycles. The second kappa shape index (κ2) is 4.71. The third kappa shape index (κ3) is 2.66. The molecule has 2 rings (SSSR count). The summed E-state index contributed by atoms with van der Waals surface area (Å²) < 4.78 is 1.12. The van der Waals surface area contributed by atoms with Crippen molar-refractivity contribution in [2.24, 2.45) is 0 Å². The van der Waals surface area contributed by atoms with Crippen molar-refractivity contribution in [3.05, 3.63) is 40.6 Å². The van der Waals surface area contributed by atoms with Gasteiger partial charge < -0.3 is 0 Å². The van der Waals surface area contributed by atoms with E-state index in [9.17, 15) is 4.79 Å². The van der Waals surface area contributed by atoms with Gasteiger partial charge in [0.1, 0.15) is 0 Å². The van der Waals surface area contributed by atoms with Gasteiger partial charge in [-0.15, -0.1) is 11.8 Å². The van der Waals surface area contributed by atoms with E-state index in [1.54, 1.807) is 29.6 Å². The number of allylic oxidation sites excluding steroid dienone is 1. The van der Waals surface area contributed by atoms with Crippen LogP contribution in [0.25, 0.3) is 0 Å². The van der Waals surface area contributed by atoms with Gasteiger partial charge >= 0.3 is 0 Å². The van der Waals surface area contributed by atoms with Crippen LogP contribution in [0.1, 0.15) is 6.42 Å². The molecular weight excluding hydrogens is 212 g/mol. The van der Waals surface area contributed by atoms with Gasteiger partial charge in [0.2, 0.25) is 0 Å². The number of rotatable bonds is 2. The van der Waals surface area contributed by atoms with Crippen molar-refractivity contribution in [3.8, 4) is 0 Å². The molecule has 0 saturated heterocycles. The highest BCUT2D eigenvalue weighted by atomic mass is 32.2. The molecule has 72 valence electrons. The van der Waals surface area contributed by atoms with Crippen molar-refractivity contribution >= 4 is 29.3 Å². The summed E-state index contributed by atoms with van der Waals surface area (Å²) in [6, 6.07) is 10.1. The van der Waals surface area contributed by atoms with Gasteiger partial charge in [-0.2, -0.15) is 0 Å². The Balaban J connectivity index is 2.08. The average molecular weight is 222 g/mol. The number of benzene rings is 1. The van der Waals surface area contributed by atoms with Gasteiger partial charge in [0.25, 0.3) is 0 Å². The molecule has 14 heavy (non-hydrogen) atoms. The molecule has 1 aliphatic heterocycles. The summed E-state index contributed by atoms with van der Waals surface area (Å²) in [5.74, 6) is 1.17. The highest BCUT2D eigenvalue weighted by Crippen LogP contribution is 2.37. The van der Waals surface area contributed by atoms with E-state index in [1.165, 1.54) is 4.90 Å². The summed E-state index contributed by atoms with van der Waals surface area (Å²) in [4.78, 5) is 12.4. The van der Waals surface area contributed by atoms with Gasteiger partial charge in [0, 0.05) is 27.4 Å². The molecule has 1 nitrogen and oxygen atoms in total. The first kappa shape index (κ1) is 9.87. The van der Waals surface area contributed by atoms with Gasteiger partial charge in [-0.1, -0.05) is 30.0 Å². The van der Waals surface area contributed by atoms with Crippen LogP contribution >= 0.6 is 23.5 Å². The lowest BCUT2D eigenvalue weighted by Crippen LogP contribution is -2.00. The smallest absolute Gasteiger partial charge is 0.158 e. The highest BCUT2D eigenvalue weighted by molar-refractivity contribution is 8.22. The number of thioether (sulfide) groups is 2. The lowest BCUT2D eigenvalue weighted by molar-refractivity contribution is -0.114. The minimum Gasteiger partial charge on any atom is -0.295 e. The highest BCUT2D eigenvalue weighted by Gasteiger charge is 2.11. The molecule has 1 aliphatic rings. The predicted molar refractivity (Wildman–Crippen MR) is 62.5 cm³/mol. The van der Waals surface area contributed by atoms with Gasteiger partial charge in [-0.3, -0.25) is 4.79 Å². The van der Waals surface area contributed by atoms with E-state index < -0.39 is 0 Å². The summed E-state index contributed by atoms with van der Waals surface area (Å²) in [5, 5.41) is 0. The molecule has 1 heterocycles. The lowest BCUT2D eigenvalue weighted by atomic mass is 10.3. The molecule has 0 amide bonds. The fraction of sp³-hybridized carbons (Fsp3) is 0.182. The molecular formula is C11H10OS2. The summed E-state index contributed by atoms with van der Waals surface area (Å²) in [7, 11) is 0. The number of hydrogen-bond donors (Lipinski definition) is 0. The fourth-order valence-electron chi connectivity index (χ4n) is 1.16. The van der Waals surface area contributed by atoms with Crippen molar-refractivity contribution in [3.63, 3.8) is 0 Å². The van der Waals surface area contributed by atoms with E-state index in [0.717, 1.165) is 9.99 Å². The van der Waals surface area contributed by atoms with Gasteiger partial charge in [0.15, 0.2) is 5.78 Å². The van der Waals surface area contributed by atoms with Crippen LogP contribution in [0.5, 0.6) is 0 Å². The molecule has 0 bridgehead atoms. The third-order valence-corrected chi connectivity index (χ3v) is 4.07. The zero-order chi connectivity index (χ0) is 9.80. The Morgan fingerprint density at radius 3 is 2.71 bits per heavy atom. The minimum atomic E-state index is 0.252. The largest absolute Gasteiger partial charge is 0.295 e. The molecule has 0 spiro atoms. The molecule has 0 fully saturated rings. The third-order valence-electron chi connectivity index (χ3n) is 1.83. The summed E-state index contributed by atoms with van der Waals surface area (Å²) in [6.07, 6.45) is 2.44. The van der Waals surface area contributed by atoms with Crippen LogP contribution in [0.2, 0.25) is 0 Å². The normalized spacial score (nSPS) is 16.6. The van der Waals surface area contributed by atoms with Crippen LogP contribution in [0.15, 0.2) is 45.5 Å². The van der Waals surface area contributed by atoms with Gasteiger partial charge in [-0.05, 0) is 12.1 Å². The molecule has 1 aromatic rings. The Morgan fingerprint density at radius 1 is 1.21 bits per heavy atom. The van der Waals surface area contributed by atoms with Crippen LogP contribution < -0.4 is 0 Å². The number of ketones is 1. The molecule has 0 N–H and O–H groups in total. The Bertz CT molecular complexity index is 357. The van der Waals surface area contributed by atoms with Crippen LogP contribution in [-0.4, -0.2) is 11.5 Å². The Hall–Kier alpha value is -0.670. The van der Waals surface area contributed by atoms with E-state index in [1.807, 2.05) is 18.2 Å². The van der Waals surface area contributed by atoms with Crippen molar-refractivity contribution in [1.82, 2.24) is 0 Å². The zero-order valence-corrected chi connectivity index (χ0v) is 9.24. The van der Waals surface area contributed by atoms with Crippen LogP contribution in [0.3, 0.4) is 0 Å². The minimum absolute atomic E-state index is 0.252. The van der Waals surface area contributed by atoms with E-state index in [0.29, 0.717) is 6.42 Å². The average Bonchev–Trinajstić information content (AvgIpc) is 2.19. The van der Waals surface area contributed by atoms with Crippen LogP contribution in [0.4, 0.5) is 0 Å². The second-order valence-electron chi connectivity index (χ2n) is 2.94. The monoisotopic (exact) mass is 222 g/mol. The van der Waals surface area contributed by atoms with E-state index in [4.69, 9.17) is 0 Å². The number of carbonyl (C=O) groups excluding carboxylic acids is 1. The second-order valence-corrected chi connectivity index (χ2v) is 5.45. The quantitative estimate of drug-likeness (QED) is 0.764. The van der Waals surface area contributed by atoms with Crippen LogP contribution in [-0.2, 0) is 4.79 Å². The first-order valence-corrected chi connectivity index (χ1v) is 6.25. The SMILES string of the molecule is O=C1C=C(Sc2ccccc2)SCC1. The zero-order valence-electron chi connectivity index (χ0n) is 7.60. The molecule has 0 aromatic heterocycles. The van der Waals surface area contributed by atoms with Crippen molar-refractivity contribution < 1.29 is 4.79 Å². The van der Waals surface area contributed by atoms with E-state index >= 15 is 0 Å². The molecule has 0 unspecified atom stereocenters. The van der Waals surface area contributed by atoms with Gasteiger partial charge in [-0.25, -0.2) is 0 Å². The lowest BCUT2D eigenvalue weighted by Gasteiger charge is -2.10. The predicted octanol–water partition coefficient (Wildman–Crippen LogP) is 3.33. The Kier molecular flexibility index (Phi) is 3.32. The summed E-state index contributed by atoms with van der Waals surface area (Å²) >= 11 is 3.44. The Morgan fingerprint density at radius 2 is 2.00 bits per heavy atom. The Labute approximate surface area is 92.0 Å². The van der Waals surface area contributed by atoms with E-state index in [-0.39, 0.29) is 5.78 Å². The molecule has 0 atom stereocenters. The maximum Gasteiger partial charge on any atom is 0.158 e. The fourth-order valence-corrected chi connectivity index (χ4v) is 3.37. The van der Waals surface area contributed by atoms with Gasteiger partial charge in [0.05, 0.1) is 0 Å². The van der Waals surface area contributed by atoms with E-state index in [2.05, 4.69) is 12.1 Å². The summed E-state index contributed by atoms with van der Waals surface area (Å²) in [5.41, 5.74) is 0. The topological polar surface area (TPSA) is 17.1 Å². The van der Waals surface area contributed by atoms with Crippen molar-refractivity contribution in [2.75, 3.05) is 5.75 Å². The maximum absolute atomic E-state index is 11.2. The number of hydrogen-bond acceptors (Lipinski definition) is 3. The molecule has 0 saturated carbocycles. The molecule has 0 aliphatic carbocycles. The van der Waals surface area contributed by atoms with Crippen molar-refractivity contribution in [2.45, 2.75) is 11.3 Å². The number of carbonyl (C=O) groups is 1. The standard InChI is InChI=1S/C11H10OS2/c12-9-6-7-13-11(8-9)14-10-4-2-1-3-5-10/h1-5,8H,6-7H2. The maximum atomic E-state index is 11.2. The van der Waals surface area contributed by atoms with Crippen LogP contribution in [0, 0.1) is 0 Å². The van der Waals surface area contributed by atoms with Crippen molar-refractivity contribution in [1.29, 1.82) is 0 Å². The molecule has 3 heteroatoms. The first-order chi connectivity index (χ1) is 6.84. The molecule has 0 radical (unpaired) electrons. The first-order valence-electron chi connectivity index (χ1n) is 4.45.